The third-order valence-electron chi connectivity index (χ3n) is 4.66. The van der Waals surface area contributed by atoms with E-state index in [1.807, 2.05) is 24.3 Å². The van der Waals surface area contributed by atoms with Gasteiger partial charge in [-0.2, -0.15) is 0 Å². The lowest BCUT2D eigenvalue weighted by Gasteiger charge is -2.26. The molecule has 1 aromatic carbocycles. The molecule has 1 atom stereocenters. The van der Waals surface area contributed by atoms with Gasteiger partial charge >= 0.3 is 0 Å². The van der Waals surface area contributed by atoms with Crippen molar-refractivity contribution >= 4 is 17.2 Å². The van der Waals surface area contributed by atoms with Crippen LogP contribution < -0.4 is 14.8 Å². The fourth-order valence-electron chi connectivity index (χ4n) is 3.26. The van der Waals surface area contributed by atoms with Gasteiger partial charge in [0.25, 0.3) is 0 Å². The summed E-state index contributed by atoms with van der Waals surface area (Å²) in [4.78, 5) is 13.9. The maximum Gasteiger partial charge on any atom is 0.224 e. The zero-order chi connectivity index (χ0) is 17.6. The first kappa shape index (κ1) is 17.8. The zero-order valence-corrected chi connectivity index (χ0v) is 15.6. The molecule has 0 spiro atoms. The van der Waals surface area contributed by atoms with Gasteiger partial charge in [0.05, 0.1) is 12.5 Å². The van der Waals surface area contributed by atoms with Crippen LogP contribution in [0.15, 0.2) is 35.7 Å². The summed E-state index contributed by atoms with van der Waals surface area (Å²) >= 11 is 1.71. The van der Waals surface area contributed by atoms with Crippen LogP contribution in [0, 0.1) is 5.92 Å². The summed E-state index contributed by atoms with van der Waals surface area (Å²) < 4.78 is 11.1. The Morgan fingerprint density at radius 3 is 2.60 bits per heavy atom. The molecule has 1 aliphatic rings. The summed E-state index contributed by atoms with van der Waals surface area (Å²) in [6.07, 6.45) is 2.44. The predicted molar refractivity (Wildman–Crippen MR) is 100 cm³/mol. The van der Waals surface area contributed by atoms with Crippen LogP contribution in [0.3, 0.4) is 0 Å². The first-order valence-electron chi connectivity index (χ1n) is 8.92. The maximum atomic E-state index is 12.6. The van der Waals surface area contributed by atoms with E-state index in [0.29, 0.717) is 25.6 Å². The van der Waals surface area contributed by atoms with E-state index in [0.717, 1.165) is 29.9 Å². The molecule has 1 amide bonds. The molecule has 1 N–H and O–H groups in total. The number of carbonyl (C=O) groups is 1. The van der Waals surface area contributed by atoms with Gasteiger partial charge in [0.2, 0.25) is 5.91 Å². The van der Waals surface area contributed by atoms with Gasteiger partial charge < -0.3 is 14.8 Å². The molecule has 1 aromatic heterocycles. The average molecular weight is 359 g/mol. The van der Waals surface area contributed by atoms with Crippen LogP contribution in [0.1, 0.15) is 43.2 Å². The molecular weight excluding hydrogens is 334 g/mol. The van der Waals surface area contributed by atoms with E-state index in [-0.39, 0.29) is 11.9 Å². The number of benzene rings is 1. The number of thiophene rings is 1. The summed E-state index contributed by atoms with van der Waals surface area (Å²) in [7, 11) is 0. The molecule has 2 heterocycles. The molecule has 1 unspecified atom stereocenters. The van der Waals surface area contributed by atoms with Crippen LogP contribution >= 0.6 is 11.3 Å². The number of carbonyl (C=O) groups excluding carboxylic acids is 1. The summed E-state index contributed by atoms with van der Waals surface area (Å²) in [6, 6.07) is 9.96. The van der Waals surface area contributed by atoms with E-state index in [2.05, 4.69) is 30.6 Å². The zero-order valence-electron chi connectivity index (χ0n) is 14.8. The van der Waals surface area contributed by atoms with Gasteiger partial charge in [0, 0.05) is 4.88 Å². The Bertz CT molecular complexity index is 695. The number of hydrogen-bond acceptors (Lipinski definition) is 4. The van der Waals surface area contributed by atoms with E-state index >= 15 is 0 Å². The van der Waals surface area contributed by atoms with Crippen LogP contribution in [0.2, 0.25) is 0 Å². The topological polar surface area (TPSA) is 47.6 Å². The molecule has 1 aliphatic heterocycles. The maximum absolute atomic E-state index is 12.6. The second kappa shape index (κ2) is 8.39. The van der Waals surface area contributed by atoms with E-state index in [1.54, 1.807) is 11.3 Å². The Kier molecular flexibility index (Phi) is 5.97. The quantitative estimate of drug-likeness (QED) is 0.799. The lowest BCUT2D eigenvalue weighted by Crippen LogP contribution is -2.33. The van der Waals surface area contributed by atoms with E-state index in [1.165, 1.54) is 4.88 Å². The molecule has 0 saturated carbocycles. The number of hydrogen-bond donors (Lipinski definition) is 1. The Labute approximate surface area is 153 Å². The fraction of sp³-hybridized carbons (Fsp3) is 0.450. The van der Waals surface area contributed by atoms with Gasteiger partial charge in [-0.25, -0.2) is 0 Å². The van der Waals surface area contributed by atoms with Gasteiger partial charge in [0.15, 0.2) is 11.5 Å². The van der Waals surface area contributed by atoms with Crippen LogP contribution in [0.5, 0.6) is 11.5 Å². The summed E-state index contributed by atoms with van der Waals surface area (Å²) in [5.74, 6) is 1.97. The number of amides is 1. The molecule has 0 aliphatic carbocycles. The van der Waals surface area contributed by atoms with Gasteiger partial charge in [-0.15, -0.1) is 11.3 Å². The van der Waals surface area contributed by atoms with E-state index in [4.69, 9.17) is 9.47 Å². The molecule has 0 bridgehead atoms. The Morgan fingerprint density at radius 1 is 1.16 bits per heavy atom. The number of ether oxygens (including phenoxy) is 2. The SMILES string of the molecule is CCC(CC)C(NC(=O)Cc1ccc2c(c1)OCCO2)c1cccs1. The standard InChI is InChI=1S/C20H25NO3S/c1-3-15(4-2)20(18-6-5-11-25-18)21-19(22)13-14-7-8-16-17(12-14)24-10-9-23-16/h5-8,11-12,15,20H,3-4,9-10,13H2,1-2H3,(H,21,22). The largest absolute Gasteiger partial charge is 0.486 e. The number of fused-ring (bicyclic) bond motifs is 1. The highest BCUT2D eigenvalue weighted by molar-refractivity contribution is 7.10. The molecule has 0 radical (unpaired) electrons. The first-order valence-corrected chi connectivity index (χ1v) is 9.80. The van der Waals surface area contributed by atoms with E-state index in [9.17, 15) is 4.79 Å². The molecule has 0 fully saturated rings. The molecule has 0 saturated heterocycles. The summed E-state index contributed by atoms with van der Waals surface area (Å²) in [6.45, 7) is 5.49. The van der Waals surface area contributed by atoms with Crippen molar-refractivity contribution in [2.45, 2.75) is 39.2 Å². The van der Waals surface area contributed by atoms with Crippen molar-refractivity contribution in [2.24, 2.45) is 5.92 Å². The monoisotopic (exact) mass is 359 g/mol. The van der Waals surface area contributed by atoms with Gasteiger partial charge in [-0.05, 0) is 35.1 Å². The average Bonchev–Trinajstić information content (AvgIpc) is 3.16. The Hall–Kier alpha value is -2.01. The molecule has 4 nitrogen and oxygen atoms in total. The van der Waals surface area contributed by atoms with Crippen molar-refractivity contribution in [1.29, 1.82) is 0 Å². The lowest BCUT2D eigenvalue weighted by atomic mass is 9.92. The van der Waals surface area contributed by atoms with Crippen molar-refractivity contribution in [3.05, 3.63) is 46.2 Å². The summed E-state index contributed by atoms with van der Waals surface area (Å²) in [5, 5.41) is 5.32. The highest BCUT2D eigenvalue weighted by atomic mass is 32.1. The smallest absolute Gasteiger partial charge is 0.224 e. The molecule has 3 rings (SSSR count). The minimum atomic E-state index is 0.0435. The molecule has 25 heavy (non-hydrogen) atoms. The van der Waals surface area contributed by atoms with Crippen molar-refractivity contribution in [3.63, 3.8) is 0 Å². The van der Waals surface area contributed by atoms with Gasteiger partial charge in [-0.3, -0.25) is 4.79 Å². The molecule has 5 heteroatoms. The Morgan fingerprint density at radius 2 is 1.92 bits per heavy atom. The number of nitrogens with one attached hydrogen (secondary N) is 1. The van der Waals surface area contributed by atoms with Crippen LogP contribution in [-0.4, -0.2) is 19.1 Å². The first-order chi connectivity index (χ1) is 12.2. The third-order valence-corrected chi connectivity index (χ3v) is 5.61. The number of rotatable bonds is 7. The minimum Gasteiger partial charge on any atom is -0.486 e. The van der Waals surface area contributed by atoms with Crippen molar-refractivity contribution in [3.8, 4) is 11.5 Å². The summed E-state index contributed by atoms with van der Waals surface area (Å²) in [5.41, 5.74) is 0.941. The molecule has 2 aromatic rings. The van der Waals surface area contributed by atoms with Gasteiger partial charge in [0.1, 0.15) is 13.2 Å². The highest BCUT2D eigenvalue weighted by Gasteiger charge is 2.23. The normalized spacial score (nSPS) is 14.4. The second-order valence-electron chi connectivity index (χ2n) is 6.29. The molecular formula is C20H25NO3S. The predicted octanol–water partition coefficient (Wildman–Crippen LogP) is 4.36. The van der Waals surface area contributed by atoms with Crippen molar-refractivity contribution < 1.29 is 14.3 Å². The van der Waals surface area contributed by atoms with Crippen molar-refractivity contribution in [1.82, 2.24) is 5.32 Å². The lowest BCUT2D eigenvalue weighted by molar-refractivity contribution is -0.121. The van der Waals surface area contributed by atoms with Crippen LogP contribution in [0.25, 0.3) is 0 Å². The highest BCUT2D eigenvalue weighted by Crippen LogP contribution is 2.32. The Balaban J connectivity index is 1.69. The van der Waals surface area contributed by atoms with Gasteiger partial charge in [-0.1, -0.05) is 38.8 Å². The fourth-order valence-corrected chi connectivity index (χ4v) is 4.13. The van der Waals surface area contributed by atoms with Crippen LogP contribution in [-0.2, 0) is 11.2 Å². The minimum absolute atomic E-state index is 0.0435. The third kappa shape index (κ3) is 4.34. The van der Waals surface area contributed by atoms with Crippen molar-refractivity contribution in [2.75, 3.05) is 13.2 Å². The van der Waals surface area contributed by atoms with Crippen LogP contribution in [0.4, 0.5) is 0 Å². The molecule has 134 valence electrons. The second-order valence-corrected chi connectivity index (χ2v) is 7.27. The van der Waals surface area contributed by atoms with E-state index < -0.39 is 0 Å².